The van der Waals surface area contributed by atoms with Gasteiger partial charge in [-0.05, 0) is 31.5 Å². The Morgan fingerprint density at radius 1 is 1.47 bits per heavy atom. The van der Waals surface area contributed by atoms with Gasteiger partial charge in [-0.15, -0.1) is 0 Å². The first-order valence-corrected chi connectivity index (χ1v) is 6.33. The minimum absolute atomic E-state index is 0.532. The second-order valence-electron chi connectivity index (χ2n) is 4.47. The van der Waals surface area contributed by atoms with Gasteiger partial charge in [0.25, 0.3) is 0 Å². The van der Waals surface area contributed by atoms with Crippen LogP contribution < -0.4 is 10.2 Å². The van der Waals surface area contributed by atoms with Gasteiger partial charge in [-0.2, -0.15) is 5.26 Å². The van der Waals surface area contributed by atoms with Crippen molar-refractivity contribution in [3.05, 3.63) is 29.8 Å². The number of para-hydroxylation sites is 1. The predicted octanol–water partition coefficient (Wildman–Crippen LogP) is 2.14. The second kappa shape index (κ2) is 5.70. The summed E-state index contributed by atoms with van der Waals surface area (Å²) in [6, 6.07) is 10.7. The summed E-state index contributed by atoms with van der Waals surface area (Å²) in [6.07, 6.45) is 2.27. The molecule has 2 rings (SSSR count). The third-order valence-electron chi connectivity index (χ3n) is 3.27. The molecule has 1 N–H and O–H groups in total. The van der Waals surface area contributed by atoms with Crippen LogP contribution in [-0.2, 0) is 0 Å². The molecule has 1 saturated heterocycles. The Kier molecular flexibility index (Phi) is 4.00. The smallest absolute Gasteiger partial charge is 0.101 e. The molecule has 0 spiro atoms. The van der Waals surface area contributed by atoms with Crippen LogP contribution in [0, 0.1) is 11.3 Å². The van der Waals surface area contributed by atoms with Crippen molar-refractivity contribution in [3.63, 3.8) is 0 Å². The zero-order valence-corrected chi connectivity index (χ0v) is 10.3. The molecule has 90 valence electrons. The highest BCUT2D eigenvalue weighted by Gasteiger charge is 2.23. The normalized spacial score (nSPS) is 18.9. The first-order chi connectivity index (χ1) is 8.36. The van der Waals surface area contributed by atoms with Gasteiger partial charge in [-0.1, -0.05) is 19.1 Å². The van der Waals surface area contributed by atoms with Gasteiger partial charge >= 0.3 is 0 Å². The Morgan fingerprint density at radius 3 is 2.94 bits per heavy atom. The van der Waals surface area contributed by atoms with E-state index in [9.17, 15) is 5.26 Å². The van der Waals surface area contributed by atoms with Gasteiger partial charge in [0.15, 0.2) is 0 Å². The van der Waals surface area contributed by atoms with Crippen LogP contribution in [0.1, 0.15) is 25.3 Å². The van der Waals surface area contributed by atoms with Crippen LogP contribution >= 0.6 is 0 Å². The molecule has 0 saturated carbocycles. The Balaban J connectivity index is 2.28. The minimum atomic E-state index is 0.532. The maximum atomic E-state index is 9.19. The van der Waals surface area contributed by atoms with Crippen LogP contribution in [0.15, 0.2) is 24.3 Å². The second-order valence-corrected chi connectivity index (χ2v) is 4.47. The molecule has 1 unspecified atom stereocenters. The first kappa shape index (κ1) is 11.9. The SMILES string of the molecule is CCCN(c1ccccc1C#N)C1CCNC1. The van der Waals surface area contributed by atoms with E-state index < -0.39 is 0 Å². The fourth-order valence-corrected chi connectivity index (χ4v) is 2.46. The zero-order chi connectivity index (χ0) is 12.1. The van der Waals surface area contributed by atoms with Crippen molar-refractivity contribution in [1.29, 1.82) is 5.26 Å². The van der Waals surface area contributed by atoms with Gasteiger partial charge in [0.2, 0.25) is 0 Å². The summed E-state index contributed by atoms with van der Waals surface area (Å²) in [7, 11) is 0. The summed E-state index contributed by atoms with van der Waals surface area (Å²) in [5.74, 6) is 0. The largest absolute Gasteiger partial charge is 0.366 e. The average molecular weight is 229 g/mol. The summed E-state index contributed by atoms with van der Waals surface area (Å²) < 4.78 is 0. The fourth-order valence-electron chi connectivity index (χ4n) is 2.46. The zero-order valence-electron chi connectivity index (χ0n) is 10.3. The van der Waals surface area contributed by atoms with Crippen molar-refractivity contribution >= 4 is 5.69 Å². The highest BCUT2D eigenvalue weighted by molar-refractivity contribution is 5.60. The molecule has 0 bridgehead atoms. The van der Waals surface area contributed by atoms with Crippen molar-refractivity contribution < 1.29 is 0 Å². The average Bonchev–Trinajstić information content (AvgIpc) is 2.89. The van der Waals surface area contributed by atoms with E-state index in [-0.39, 0.29) is 0 Å². The molecular formula is C14H19N3. The third kappa shape index (κ3) is 2.59. The van der Waals surface area contributed by atoms with Gasteiger partial charge in [0.05, 0.1) is 11.3 Å². The van der Waals surface area contributed by atoms with Gasteiger partial charge in [-0.25, -0.2) is 0 Å². The number of anilines is 1. The van der Waals surface area contributed by atoms with E-state index in [1.807, 2.05) is 18.2 Å². The molecule has 0 radical (unpaired) electrons. The molecular weight excluding hydrogens is 210 g/mol. The van der Waals surface area contributed by atoms with Gasteiger partial charge in [0.1, 0.15) is 6.07 Å². The van der Waals surface area contributed by atoms with Crippen molar-refractivity contribution in [2.24, 2.45) is 0 Å². The molecule has 1 heterocycles. The summed E-state index contributed by atoms with van der Waals surface area (Å²) in [6.45, 7) is 5.31. The highest BCUT2D eigenvalue weighted by atomic mass is 15.2. The molecule has 0 amide bonds. The van der Waals surface area contributed by atoms with Crippen LogP contribution in [0.25, 0.3) is 0 Å². The number of nitrogens with zero attached hydrogens (tertiary/aromatic N) is 2. The Morgan fingerprint density at radius 2 is 2.29 bits per heavy atom. The fraction of sp³-hybridized carbons (Fsp3) is 0.500. The van der Waals surface area contributed by atoms with E-state index >= 15 is 0 Å². The van der Waals surface area contributed by atoms with Gasteiger partial charge in [0, 0.05) is 19.1 Å². The van der Waals surface area contributed by atoms with Crippen molar-refractivity contribution in [3.8, 4) is 6.07 Å². The van der Waals surface area contributed by atoms with Crippen molar-refractivity contribution in [1.82, 2.24) is 5.32 Å². The van der Waals surface area contributed by atoms with E-state index in [0.29, 0.717) is 6.04 Å². The molecule has 17 heavy (non-hydrogen) atoms. The van der Waals surface area contributed by atoms with Crippen molar-refractivity contribution in [2.45, 2.75) is 25.8 Å². The number of benzene rings is 1. The lowest BCUT2D eigenvalue weighted by atomic mass is 10.1. The van der Waals surface area contributed by atoms with Gasteiger partial charge in [-0.3, -0.25) is 0 Å². The Labute approximate surface area is 103 Å². The first-order valence-electron chi connectivity index (χ1n) is 6.33. The molecule has 1 fully saturated rings. The monoisotopic (exact) mass is 229 g/mol. The molecule has 1 aliphatic heterocycles. The standard InChI is InChI=1S/C14H19N3/c1-2-9-17(13-7-8-16-11-13)14-6-4-3-5-12(14)10-15/h3-6,13,16H,2,7-9,11H2,1H3. The lowest BCUT2D eigenvalue weighted by Crippen LogP contribution is -2.38. The number of hydrogen-bond donors (Lipinski definition) is 1. The number of hydrogen-bond acceptors (Lipinski definition) is 3. The maximum Gasteiger partial charge on any atom is 0.101 e. The maximum absolute atomic E-state index is 9.19. The third-order valence-corrected chi connectivity index (χ3v) is 3.27. The number of nitrogens with one attached hydrogen (secondary N) is 1. The lowest BCUT2D eigenvalue weighted by Gasteiger charge is -2.31. The van der Waals surface area contributed by atoms with E-state index in [1.165, 1.54) is 6.42 Å². The molecule has 1 atom stereocenters. The van der Waals surface area contributed by atoms with Crippen molar-refractivity contribution in [2.75, 3.05) is 24.5 Å². The lowest BCUT2D eigenvalue weighted by molar-refractivity contribution is 0.625. The van der Waals surface area contributed by atoms with E-state index in [0.717, 1.165) is 37.3 Å². The number of rotatable bonds is 4. The molecule has 0 aromatic heterocycles. The number of nitriles is 1. The molecule has 1 aromatic carbocycles. The van der Waals surface area contributed by atoms with E-state index in [1.54, 1.807) is 0 Å². The Hall–Kier alpha value is -1.53. The van der Waals surface area contributed by atoms with E-state index in [4.69, 9.17) is 0 Å². The quantitative estimate of drug-likeness (QED) is 0.859. The van der Waals surface area contributed by atoms with Crippen LogP contribution in [0.2, 0.25) is 0 Å². The minimum Gasteiger partial charge on any atom is -0.366 e. The molecule has 1 aromatic rings. The molecule has 1 aliphatic rings. The van der Waals surface area contributed by atoms with Gasteiger partial charge < -0.3 is 10.2 Å². The Bertz CT molecular complexity index is 402. The van der Waals surface area contributed by atoms with Crippen LogP contribution in [0.4, 0.5) is 5.69 Å². The topological polar surface area (TPSA) is 39.1 Å². The van der Waals surface area contributed by atoms with E-state index in [2.05, 4.69) is 29.3 Å². The summed E-state index contributed by atoms with van der Waals surface area (Å²) in [4.78, 5) is 2.39. The molecule has 3 heteroatoms. The predicted molar refractivity (Wildman–Crippen MR) is 70.1 cm³/mol. The molecule has 0 aliphatic carbocycles. The highest BCUT2D eigenvalue weighted by Crippen LogP contribution is 2.24. The summed E-state index contributed by atoms with van der Waals surface area (Å²) >= 11 is 0. The summed E-state index contributed by atoms with van der Waals surface area (Å²) in [5, 5.41) is 12.6. The summed E-state index contributed by atoms with van der Waals surface area (Å²) in [5.41, 5.74) is 1.87. The van der Waals surface area contributed by atoms with Crippen LogP contribution in [-0.4, -0.2) is 25.7 Å². The van der Waals surface area contributed by atoms with Crippen LogP contribution in [0.3, 0.4) is 0 Å². The van der Waals surface area contributed by atoms with Crippen LogP contribution in [0.5, 0.6) is 0 Å². The molecule has 3 nitrogen and oxygen atoms in total.